The maximum absolute atomic E-state index is 11.9. The molecule has 0 saturated heterocycles. The van der Waals surface area contributed by atoms with Crippen LogP contribution in [0.4, 0.5) is 4.39 Å². The first-order chi connectivity index (χ1) is 7.95. The molecule has 0 spiro atoms. The van der Waals surface area contributed by atoms with E-state index in [9.17, 15) is 9.18 Å². The summed E-state index contributed by atoms with van der Waals surface area (Å²) in [6.45, 7) is 0.938. The van der Waals surface area contributed by atoms with Crippen LogP contribution in [0, 0.1) is 0 Å². The number of hydrogen-bond acceptors (Lipinski definition) is 3. The lowest BCUT2D eigenvalue weighted by atomic mass is 9.94. The summed E-state index contributed by atoms with van der Waals surface area (Å²) < 4.78 is 16.9. The highest BCUT2D eigenvalue weighted by molar-refractivity contribution is 5.85. The van der Waals surface area contributed by atoms with Crippen LogP contribution in [0.15, 0.2) is 24.3 Å². The van der Waals surface area contributed by atoms with Gasteiger partial charge in [-0.25, -0.2) is 4.39 Å². The number of rotatable bonds is 6. The number of alkyl halides is 1. The van der Waals surface area contributed by atoms with Crippen molar-refractivity contribution in [3.8, 4) is 5.75 Å². The van der Waals surface area contributed by atoms with Gasteiger partial charge in [0.15, 0.2) is 0 Å². The van der Waals surface area contributed by atoms with Crippen LogP contribution in [0.1, 0.15) is 12.5 Å². The number of benzene rings is 1. The maximum atomic E-state index is 11.9. The summed E-state index contributed by atoms with van der Waals surface area (Å²) in [6.07, 6.45) is 0.228. The van der Waals surface area contributed by atoms with Gasteiger partial charge in [-0.05, 0) is 24.6 Å². The molecule has 102 valence electrons. The van der Waals surface area contributed by atoms with Gasteiger partial charge in [0, 0.05) is 6.42 Å². The molecule has 0 heterocycles. The summed E-state index contributed by atoms with van der Waals surface area (Å²) in [6, 6.07) is 6.79. The van der Waals surface area contributed by atoms with Gasteiger partial charge >= 0.3 is 5.97 Å². The van der Waals surface area contributed by atoms with Gasteiger partial charge < -0.3 is 15.6 Å². The Labute approximate surface area is 111 Å². The Morgan fingerprint density at radius 1 is 1.44 bits per heavy atom. The van der Waals surface area contributed by atoms with Crippen molar-refractivity contribution >= 4 is 18.4 Å². The minimum Gasteiger partial charge on any atom is -0.491 e. The molecular weight excluding hydrogens is 261 g/mol. The molecule has 3 N–H and O–H groups in total. The third-order valence-corrected chi connectivity index (χ3v) is 2.33. The first-order valence-corrected chi connectivity index (χ1v) is 5.25. The first kappa shape index (κ1) is 16.7. The second-order valence-corrected chi connectivity index (χ2v) is 4.08. The van der Waals surface area contributed by atoms with Crippen LogP contribution < -0.4 is 10.5 Å². The summed E-state index contributed by atoms with van der Waals surface area (Å²) in [7, 11) is 0. The number of carboxylic acid groups (broad SMARTS) is 1. The van der Waals surface area contributed by atoms with E-state index in [0.717, 1.165) is 5.56 Å². The number of ether oxygens (including phenoxy) is 1. The molecule has 1 unspecified atom stereocenters. The van der Waals surface area contributed by atoms with Crippen molar-refractivity contribution in [2.45, 2.75) is 18.9 Å². The Balaban J connectivity index is 0.00000289. The van der Waals surface area contributed by atoms with Crippen molar-refractivity contribution in [1.29, 1.82) is 0 Å². The summed E-state index contributed by atoms with van der Waals surface area (Å²) in [5.41, 5.74) is 5.14. The van der Waals surface area contributed by atoms with Gasteiger partial charge in [0.25, 0.3) is 0 Å². The standard InChI is InChI=1S/C12H16FNO3.ClH/c1-12(14,11(15)16)8-9-2-4-10(5-3-9)17-7-6-13;/h2-5H,6-8,14H2,1H3,(H,15,16);1H. The molecule has 0 aliphatic carbocycles. The molecule has 0 fully saturated rings. The van der Waals surface area contributed by atoms with Gasteiger partial charge in [0.2, 0.25) is 0 Å². The summed E-state index contributed by atoms with van der Waals surface area (Å²) >= 11 is 0. The predicted molar refractivity (Wildman–Crippen MR) is 69.1 cm³/mol. The molecule has 1 rings (SSSR count). The highest BCUT2D eigenvalue weighted by atomic mass is 35.5. The Bertz CT molecular complexity index is 381. The van der Waals surface area contributed by atoms with Crippen molar-refractivity contribution in [3.63, 3.8) is 0 Å². The summed E-state index contributed by atoms with van der Waals surface area (Å²) in [5.74, 6) is -0.490. The first-order valence-electron chi connectivity index (χ1n) is 5.25. The summed E-state index contributed by atoms with van der Waals surface area (Å²) in [5, 5.41) is 8.88. The van der Waals surface area contributed by atoms with Crippen molar-refractivity contribution in [1.82, 2.24) is 0 Å². The van der Waals surface area contributed by atoms with Crippen molar-refractivity contribution in [2.75, 3.05) is 13.3 Å². The minimum absolute atomic E-state index is 0. The lowest BCUT2D eigenvalue weighted by Gasteiger charge is -2.19. The number of carbonyl (C=O) groups is 1. The van der Waals surface area contributed by atoms with E-state index >= 15 is 0 Å². The van der Waals surface area contributed by atoms with Gasteiger partial charge in [0.05, 0.1) is 0 Å². The Kier molecular flexibility index (Phi) is 6.65. The number of halogens is 2. The third-order valence-electron chi connectivity index (χ3n) is 2.33. The fourth-order valence-corrected chi connectivity index (χ4v) is 1.36. The van der Waals surface area contributed by atoms with Crippen LogP contribution in [-0.2, 0) is 11.2 Å². The molecule has 1 atom stereocenters. The molecule has 0 amide bonds. The van der Waals surface area contributed by atoms with Crippen LogP contribution in [-0.4, -0.2) is 29.9 Å². The molecule has 0 bridgehead atoms. The maximum Gasteiger partial charge on any atom is 0.323 e. The van der Waals surface area contributed by atoms with Gasteiger partial charge in [-0.15, -0.1) is 12.4 Å². The lowest BCUT2D eigenvalue weighted by molar-refractivity contribution is -0.142. The topological polar surface area (TPSA) is 72.5 Å². The fraction of sp³-hybridized carbons (Fsp3) is 0.417. The predicted octanol–water partition coefficient (Wildman–Crippen LogP) is 1.80. The van der Waals surface area contributed by atoms with E-state index in [1.807, 2.05) is 0 Å². The highest BCUT2D eigenvalue weighted by Gasteiger charge is 2.27. The van der Waals surface area contributed by atoms with Crippen molar-refractivity contribution in [2.24, 2.45) is 5.73 Å². The Hall–Kier alpha value is -1.33. The molecular formula is C12H17ClFNO3. The van der Waals surface area contributed by atoms with Gasteiger partial charge in [-0.2, -0.15) is 0 Å². The average Bonchev–Trinajstić information content (AvgIpc) is 2.27. The normalized spacial score (nSPS) is 13.3. The molecule has 0 radical (unpaired) electrons. The molecule has 18 heavy (non-hydrogen) atoms. The average molecular weight is 278 g/mol. The Morgan fingerprint density at radius 2 is 2.00 bits per heavy atom. The second kappa shape index (κ2) is 7.18. The van der Waals surface area contributed by atoms with Gasteiger partial charge in [0.1, 0.15) is 24.6 Å². The van der Waals surface area contributed by atoms with Crippen molar-refractivity contribution in [3.05, 3.63) is 29.8 Å². The number of aliphatic carboxylic acids is 1. The fourth-order valence-electron chi connectivity index (χ4n) is 1.36. The number of hydrogen-bond donors (Lipinski definition) is 2. The molecule has 1 aromatic rings. The molecule has 0 aliphatic heterocycles. The SMILES string of the molecule is CC(N)(Cc1ccc(OCCF)cc1)C(=O)O.Cl. The zero-order chi connectivity index (χ0) is 12.9. The Morgan fingerprint density at radius 3 is 2.44 bits per heavy atom. The number of nitrogens with two attached hydrogens (primary N) is 1. The quantitative estimate of drug-likeness (QED) is 0.832. The van der Waals surface area contributed by atoms with E-state index in [0.29, 0.717) is 5.75 Å². The summed E-state index contributed by atoms with van der Waals surface area (Å²) in [4.78, 5) is 10.8. The molecule has 4 nitrogen and oxygen atoms in total. The minimum atomic E-state index is -1.29. The zero-order valence-electron chi connectivity index (χ0n) is 10.1. The number of carboxylic acids is 1. The molecule has 6 heteroatoms. The van der Waals surface area contributed by atoms with Crippen LogP contribution in [0.3, 0.4) is 0 Å². The van der Waals surface area contributed by atoms with E-state index in [4.69, 9.17) is 15.6 Å². The van der Waals surface area contributed by atoms with Crippen molar-refractivity contribution < 1.29 is 19.0 Å². The van der Waals surface area contributed by atoms with Crippen LogP contribution in [0.25, 0.3) is 0 Å². The van der Waals surface area contributed by atoms with Gasteiger partial charge in [-0.1, -0.05) is 12.1 Å². The van der Waals surface area contributed by atoms with E-state index < -0.39 is 18.2 Å². The smallest absolute Gasteiger partial charge is 0.323 e. The van der Waals surface area contributed by atoms with E-state index in [2.05, 4.69) is 0 Å². The third kappa shape index (κ3) is 4.89. The van der Waals surface area contributed by atoms with E-state index in [-0.39, 0.29) is 25.4 Å². The van der Waals surface area contributed by atoms with Crippen LogP contribution in [0.5, 0.6) is 5.75 Å². The molecule has 0 aromatic heterocycles. The molecule has 1 aromatic carbocycles. The van der Waals surface area contributed by atoms with Crippen LogP contribution in [0.2, 0.25) is 0 Å². The zero-order valence-corrected chi connectivity index (χ0v) is 10.9. The van der Waals surface area contributed by atoms with Crippen LogP contribution >= 0.6 is 12.4 Å². The second-order valence-electron chi connectivity index (χ2n) is 4.08. The monoisotopic (exact) mass is 277 g/mol. The van der Waals surface area contributed by atoms with Gasteiger partial charge in [-0.3, -0.25) is 4.79 Å². The molecule has 0 saturated carbocycles. The van der Waals surface area contributed by atoms with E-state index in [1.165, 1.54) is 6.92 Å². The largest absolute Gasteiger partial charge is 0.491 e. The lowest BCUT2D eigenvalue weighted by Crippen LogP contribution is -2.46. The highest BCUT2D eigenvalue weighted by Crippen LogP contribution is 2.16. The van der Waals surface area contributed by atoms with E-state index in [1.54, 1.807) is 24.3 Å². The molecule has 0 aliphatic rings.